The zero-order valence-electron chi connectivity index (χ0n) is 14.2. The molecule has 3 nitrogen and oxygen atoms in total. The van der Waals surface area contributed by atoms with Crippen molar-refractivity contribution in [1.82, 2.24) is 4.90 Å². The van der Waals surface area contributed by atoms with Gasteiger partial charge in [-0.1, -0.05) is 65.6 Å². The van der Waals surface area contributed by atoms with Crippen LogP contribution >= 0.6 is 12.2 Å². The van der Waals surface area contributed by atoms with Crippen molar-refractivity contribution in [2.45, 2.75) is 66.2 Å². The highest BCUT2D eigenvalue weighted by Gasteiger charge is 2.44. The van der Waals surface area contributed by atoms with Gasteiger partial charge in [0.05, 0.1) is 10.4 Å². The maximum Gasteiger partial charge on any atom is 0.235 e. The fraction of sp³-hybridized carbons (Fsp3) is 0.882. The summed E-state index contributed by atoms with van der Waals surface area (Å²) in [5, 5.41) is 0. The third kappa shape index (κ3) is 4.94. The lowest BCUT2D eigenvalue weighted by Crippen LogP contribution is -2.52. The van der Waals surface area contributed by atoms with Gasteiger partial charge in [-0.3, -0.25) is 4.79 Å². The first-order valence-electron chi connectivity index (χ1n) is 8.39. The molecule has 0 aromatic carbocycles. The van der Waals surface area contributed by atoms with Gasteiger partial charge in [0, 0.05) is 13.1 Å². The van der Waals surface area contributed by atoms with E-state index >= 15 is 0 Å². The molecule has 0 heterocycles. The van der Waals surface area contributed by atoms with Gasteiger partial charge in [-0.25, -0.2) is 0 Å². The van der Waals surface area contributed by atoms with Crippen LogP contribution in [0, 0.1) is 17.3 Å². The Morgan fingerprint density at radius 2 is 1.48 bits per heavy atom. The van der Waals surface area contributed by atoms with E-state index in [1.54, 1.807) is 0 Å². The maximum atomic E-state index is 13.2. The molecule has 1 aliphatic rings. The number of thiocarbonyl (C=S) groups is 1. The van der Waals surface area contributed by atoms with Crippen LogP contribution in [0.25, 0.3) is 0 Å². The number of hydrogen-bond donors (Lipinski definition) is 1. The lowest BCUT2D eigenvalue weighted by molar-refractivity contribution is -0.140. The number of hydrogen-bond acceptors (Lipinski definition) is 2. The molecule has 1 amide bonds. The van der Waals surface area contributed by atoms with Crippen molar-refractivity contribution in [2.24, 2.45) is 23.0 Å². The monoisotopic (exact) mass is 312 g/mol. The Morgan fingerprint density at radius 3 is 1.81 bits per heavy atom. The highest BCUT2D eigenvalue weighted by molar-refractivity contribution is 7.80. The Hall–Kier alpha value is -0.640. The molecule has 0 aliphatic heterocycles. The standard InChI is InChI=1S/C17H32N2OS/c1-13(2)11-19(12-14(3)4)16(20)17(15(18)21)9-7-5-6-8-10-17/h13-14H,5-12H2,1-4H3,(H2,18,21). The summed E-state index contributed by atoms with van der Waals surface area (Å²) in [7, 11) is 0. The minimum Gasteiger partial charge on any atom is -0.392 e. The van der Waals surface area contributed by atoms with Crippen LogP contribution in [0.15, 0.2) is 0 Å². The maximum absolute atomic E-state index is 13.2. The molecule has 1 saturated carbocycles. The van der Waals surface area contributed by atoms with Crippen LogP contribution in [-0.2, 0) is 4.79 Å². The summed E-state index contributed by atoms with van der Waals surface area (Å²) in [6.45, 7) is 10.2. The largest absolute Gasteiger partial charge is 0.392 e. The Balaban J connectivity index is 3.02. The van der Waals surface area contributed by atoms with Crippen molar-refractivity contribution in [3.05, 3.63) is 0 Å². The smallest absolute Gasteiger partial charge is 0.235 e. The predicted molar refractivity (Wildman–Crippen MR) is 93.2 cm³/mol. The molecule has 0 radical (unpaired) electrons. The molecule has 21 heavy (non-hydrogen) atoms. The predicted octanol–water partition coefficient (Wildman–Crippen LogP) is 3.75. The fourth-order valence-electron chi connectivity index (χ4n) is 3.32. The van der Waals surface area contributed by atoms with E-state index in [4.69, 9.17) is 18.0 Å². The molecular weight excluding hydrogens is 280 g/mol. The zero-order chi connectivity index (χ0) is 16.0. The van der Waals surface area contributed by atoms with Crippen LogP contribution in [0.5, 0.6) is 0 Å². The van der Waals surface area contributed by atoms with Crippen LogP contribution in [-0.4, -0.2) is 28.9 Å². The van der Waals surface area contributed by atoms with E-state index in [0.29, 0.717) is 16.8 Å². The van der Waals surface area contributed by atoms with Crippen molar-refractivity contribution in [2.75, 3.05) is 13.1 Å². The third-order valence-electron chi connectivity index (χ3n) is 4.30. The highest BCUT2D eigenvalue weighted by Crippen LogP contribution is 2.37. The van der Waals surface area contributed by atoms with Crippen LogP contribution < -0.4 is 5.73 Å². The molecule has 0 aromatic rings. The van der Waals surface area contributed by atoms with E-state index in [0.717, 1.165) is 38.8 Å². The minimum absolute atomic E-state index is 0.180. The van der Waals surface area contributed by atoms with Gasteiger partial charge >= 0.3 is 0 Å². The zero-order valence-corrected chi connectivity index (χ0v) is 15.0. The molecule has 0 bridgehead atoms. The summed E-state index contributed by atoms with van der Waals surface area (Å²) < 4.78 is 0. The fourth-order valence-corrected chi connectivity index (χ4v) is 3.61. The molecular formula is C17H32N2OS. The summed E-state index contributed by atoms with van der Waals surface area (Å²) in [5.74, 6) is 1.10. The Morgan fingerprint density at radius 1 is 1.05 bits per heavy atom. The third-order valence-corrected chi connectivity index (χ3v) is 4.69. The van der Waals surface area contributed by atoms with Crippen LogP contribution in [0.2, 0.25) is 0 Å². The molecule has 2 N–H and O–H groups in total. The van der Waals surface area contributed by atoms with Gasteiger partial charge in [0.15, 0.2) is 0 Å². The molecule has 1 rings (SSSR count). The van der Waals surface area contributed by atoms with Gasteiger partial charge in [0.1, 0.15) is 0 Å². The minimum atomic E-state index is -0.588. The summed E-state index contributed by atoms with van der Waals surface area (Å²) >= 11 is 5.34. The molecule has 1 fully saturated rings. The average molecular weight is 313 g/mol. The lowest BCUT2D eigenvalue weighted by atomic mass is 9.78. The Labute approximate surface area is 135 Å². The Bertz CT molecular complexity index is 348. The van der Waals surface area contributed by atoms with Gasteiger partial charge in [0.2, 0.25) is 5.91 Å². The lowest BCUT2D eigenvalue weighted by Gasteiger charge is -2.37. The quantitative estimate of drug-likeness (QED) is 0.600. The number of carbonyl (C=O) groups is 1. The molecule has 1 aliphatic carbocycles. The summed E-state index contributed by atoms with van der Waals surface area (Å²) in [5.41, 5.74) is 5.47. The van der Waals surface area contributed by atoms with E-state index in [1.165, 1.54) is 12.8 Å². The van der Waals surface area contributed by atoms with Crippen LogP contribution in [0.4, 0.5) is 0 Å². The molecule has 122 valence electrons. The normalized spacial score (nSPS) is 18.6. The number of nitrogens with two attached hydrogens (primary N) is 1. The first kappa shape index (κ1) is 18.4. The molecule has 0 spiro atoms. The van der Waals surface area contributed by atoms with Crippen molar-refractivity contribution in [3.63, 3.8) is 0 Å². The summed E-state index contributed by atoms with van der Waals surface area (Å²) in [4.78, 5) is 15.7. The molecule has 0 atom stereocenters. The molecule has 0 aromatic heterocycles. The number of rotatable bonds is 6. The van der Waals surface area contributed by atoms with E-state index in [1.807, 2.05) is 4.90 Å². The van der Waals surface area contributed by atoms with Crippen LogP contribution in [0.3, 0.4) is 0 Å². The van der Waals surface area contributed by atoms with Gasteiger partial charge in [0.25, 0.3) is 0 Å². The first-order chi connectivity index (χ1) is 9.79. The van der Waals surface area contributed by atoms with E-state index in [9.17, 15) is 4.79 Å². The second kappa shape index (κ2) is 8.11. The molecule has 4 heteroatoms. The van der Waals surface area contributed by atoms with Crippen molar-refractivity contribution in [1.29, 1.82) is 0 Å². The molecule has 0 saturated heterocycles. The van der Waals surface area contributed by atoms with Gasteiger partial charge < -0.3 is 10.6 Å². The van der Waals surface area contributed by atoms with Crippen molar-refractivity contribution < 1.29 is 4.79 Å². The van der Waals surface area contributed by atoms with Gasteiger partial charge in [-0.15, -0.1) is 0 Å². The second-order valence-corrected chi connectivity index (χ2v) is 7.80. The SMILES string of the molecule is CC(C)CN(CC(C)C)C(=O)C1(C(N)=S)CCCCCC1. The van der Waals surface area contributed by atoms with Crippen LogP contribution in [0.1, 0.15) is 66.2 Å². The average Bonchev–Trinajstić information content (AvgIpc) is 2.62. The summed E-state index contributed by atoms with van der Waals surface area (Å²) in [6, 6.07) is 0. The second-order valence-electron chi connectivity index (χ2n) is 7.36. The highest BCUT2D eigenvalue weighted by atomic mass is 32.1. The van der Waals surface area contributed by atoms with E-state index in [-0.39, 0.29) is 5.91 Å². The molecule has 0 unspecified atom stereocenters. The van der Waals surface area contributed by atoms with E-state index < -0.39 is 5.41 Å². The number of carbonyl (C=O) groups excluding carboxylic acids is 1. The van der Waals surface area contributed by atoms with Gasteiger partial charge in [-0.05, 0) is 24.7 Å². The first-order valence-corrected chi connectivity index (χ1v) is 8.79. The van der Waals surface area contributed by atoms with Crippen molar-refractivity contribution >= 4 is 23.1 Å². The summed E-state index contributed by atoms with van der Waals surface area (Å²) in [6.07, 6.45) is 6.14. The van der Waals surface area contributed by atoms with Crippen molar-refractivity contribution in [3.8, 4) is 0 Å². The number of amides is 1. The topological polar surface area (TPSA) is 46.3 Å². The number of nitrogens with zero attached hydrogens (tertiary/aromatic N) is 1. The Kier molecular flexibility index (Phi) is 7.11. The van der Waals surface area contributed by atoms with E-state index in [2.05, 4.69) is 27.7 Å². The van der Waals surface area contributed by atoms with Gasteiger partial charge in [-0.2, -0.15) is 0 Å².